The van der Waals surface area contributed by atoms with E-state index in [4.69, 9.17) is 0 Å². The van der Waals surface area contributed by atoms with E-state index in [-0.39, 0.29) is 11.3 Å². The van der Waals surface area contributed by atoms with Crippen molar-refractivity contribution >= 4 is 9.84 Å². The van der Waals surface area contributed by atoms with E-state index in [1.165, 1.54) is 19.1 Å². The van der Waals surface area contributed by atoms with Gasteiger partial charge in [-0.15, -0.1) is 0 Å². The molecule has 2 rings (SSSR count). The first-order valence-electron chi connectivity index (χ1n) is 8.69. The molecule has 1 saturated heterocycles. The first-order chi connectivity index (χ1) is 10.4. The van der Waals surface area contributed by atoms with Crippen LogP contribution in [0.2, 0.25) is 0 Å². The van der Waals surface area contributed by atoms with Gasteiger partial charge in [0.2, 0.25) is 0 Å². The Labute approximate surface area is 135 Å². The SMILES string of the molecule is CC1CCN(CC(O)CNC2CCCCC2S(C)(=O)=O)CC1. The summed E-state index contributed by atoms with van der Waals surface area (Å²) in [6.45, 7) is 5.59. The summed E-state index contributed by atoms with van der Waals surface area (Å²) in [7, 11) is -3.01. The molecule has 0 aromatic heterocycles. The monoisotopic (exact) mass is 332 g/mol. The number of aliphatic hydroxyl groups is 1. The molecule has 0 amide bonds. The molecular weight excluding hydrogens is 300 g/mol. The first kappa shape index (κ1) is 18.2. The van der Waals surface area contributed by atoms with Crippen molar-refractivity contribution in [3.8, 4) is 0 Å². The van der Waals surface area contributed by atoms with E-state index in [1.54, 1.807) is 0 Å². The van der Waals surface area contributed by atoms with Crippen molar-refractivity contribution in [2.24, 2.45) is 5.92 Å². The second-order valence-electron chi connectivity index (χ2n) is 7.30. The molecule has 2 N–H and O–H groups in total. The summed E-state index contributed by atoms with van der Waals surface area (Å²) in [5.74, 6) is 0.796. The first-order valence-corrected chi connectivity index (χ1v) is 10.6. The molecule has 0 aromatic carbocycles. The quantitative estimate of drug-likeness (QED) is 0.760. The van der Waals surface area contributed by atoms with Gasteiger partial charge in [-0.25, -0.2) is 8.42 Å². The third-order valence-corrected chi connectivity index (χ3v) is 6.88. The van der Waals surface area contributed by atoms with Crippen LogP contribution in [0, 0.1) is 5.92 Å². The average Bonchev–Trinajstić information content (AvgIpc) is 2.47. The molecule has 3 atom stereocenters. The third-order valence-electron chi connectivity index (χ3n) is 5.21. The molecule has 1 saturated carbocycles. The zero-order valence-electron chi connectivity index (χ0n) is 14.0. The Morgan fingerprint density at radius 3 is 2.45 bits per heavy atom. The number of hydrogen-bond donors (Lipinski definition) is 2. The van der Waals surface area contributed by atoms with E-state index >= 15 is 0 Å². The van der Waals surface area contributed by atoms with Crippen molar-refractivity contribution in [1.82, 2.24) is 10.2 Å². The standard InChI is InChI=1S/C16H32N2O3S/c1-13-7-9-18(10-8-13)12-14(19)11-17-15-5-3-4-6-16(15)22(2,20)21/h13-17,19H,3-12H2,1-2H3. The molecule has 0 bridgehead atoms. The van der Waals surface area contributed by atoms with Crippen LogP contribution < -0.4 is 5.32 Å². The van der Waals surface area contributed by atoms with Gasteiger partial charge in [-0.1, -0.05) is 19.8 Å². The Bertz CT molecular complexity index is 433. The molecule has 1 aliphatic heterocycles. The van der Waals surface area contributed by atoms with Gasteiger partial charge >= 0.3 is 0 Å². The van der Waals surface area contributed by atoms with Crippen molar-refractivity contribution in [2.45, 2.75) is 62.8 Å². The third kappa shape index (κ3) is 5.48. The lowest BCUT2D eigenvalue weighted by Gasteiger charge is -2.34. The molecule has 5 nitrogen and oxygen atoms in total. The average molecular weight is 333 g/mol. The number of likely N-dealkylation sites (tertiary alicyclic amines) is 1. The van der Waals surface area contributed by atoms with Crippen LogP contribution in [0.3, 0.4) is 0 Å². The van der Waals surface area contributed by atoms with Gasteiger partial charge in [0.1, 0.15) is 0 Å². The van der Waals surface area contributed by atoms with Gasteiger partial charge < -0.3 is 15.3 Å². The minimum Gasteiger partial charge on any atom is -0.390 e. The molecule has 1 heterocycles. The Kier molecular flexibility index (Phi) is 6.68. The fourth-order valence-electron chi connectivity index (χ4n) is 3.74. The number of sulfone groups is 1. The van der Waals surface area contributed by atoms with Crippen LogP contribution >= 0.6 is 0 Å². The fraction of sp³-hybridized carbons (Fsp3) is 1.00. The van der Waals surface area contributed by atoms with E-state index < -0.39 is 15.9 Å². The highest BCUT2D eigenvalue weighted by Gasteiger charge is 2.32. The van der Waals surface area contributed by atoms with Crippen molar-refractivity contribution in [1.29, 1.82) is 0 Å². The smallest absolute Gasteiger partial charge is 0.151 e. The van der Waals surface area contributed by atoms with E-state index in [1.807, 2.05) is 0 Å². The van der Waals surface area contributed by atoms with Crippen molar-refractivity contribution in [3.63, 3.8) is 0 Å². The highest BCUT2D eigenvalue weighted by molar-refractivity contribution is 7.91. The zero-order chi connectivity index (χ0) is 16.2. The maximum Gasteiger partial charge on any atom is 0.151 e. The predicted molar refractivity (Wildman–Crippen MR) is 89.7 cm³/mol. The number of piperidine rings is 1. The van der Waals surface area contributed by atoms with Crippen LogP contribution in [0.5, 0.6) is 0 Å². The van der Waals surface area contributed by atoms with E-state index in [0.29, 0.717) is 13.1 Å². The molecule has 0 spiro atoms. The summed E-state index contributed by atoms with van der Waals surface area (Å²) in [6.07, 6.45) is 7.03. The molecule has 0 radical (unpaired) electrons. The Balaban J connectivity index is 1.76. The highest BCUT2D eigenvalue weighted by Crippen LogP contribution is 2.24. The molecule has 2 aliphatic rings. The molecule has 0 aromatic rings. The van der Waals surface area contributed by atoms with Crippen molar-refractivity contribution in [3.05, 3.63) is 0 Å². The number of hydrogen-bond acceptors (Lipinski definition) is 5. The number of nitrogens with zero attached hydrogens (tertiary/aromatic N) is 1. The lowest BCUT2D eigenvalue weighted by atomic mass is 9.94. The number of rotatable bonds is 6. The van der Waals surface area contributed by atoms with Gasteiger partial charge in [-0.3, -0.25) is 0 Å². The summed E-state index contributed by atoms with van der Waals surface area (Å²) in [4.78, 5) is 2.32. The zero-order valence-corrected chi connectivity index (χ0v) is 14.8. The lowest BCUT2D eigenvalue weighted by Crippen LogP contribution is -2.50. The largest absolute Gasteiger partial charge is 0.390 e. The number of nitrogens with one attached hydrogen (secondary N) is 1. The maximum absolute atomic E-state index is 11.9. The van der Waals surface area contributed by atoms with Crippen LogP contribution in [-0.4, -0.2) is 68.3 Å². The minimum absolute atomic E-state index is 0.000205. The molecule has 22 heavy (non-hydrogen) atoms. The van der Waals surface area contributed by atoms with Crippen LogP contribution in [-0.2, 0) is 9.84 Å². The molecule has 6 heteroatoms. The van der Waals surface area contributed by atoms with Gasteiger partial charge in [-0.2, -0.15) is 0 Å². The van der Waals surface area contributed by atoms with Crippen LogP contribution in [0.25, 0.3) is 0 Å². The van der Waals surface area contributed by atoms with E-state index in [9.17, 15) is 13.5 Å². The van der Waals surface area contributed by atoms with Gasteiger partial charge in [0.25, 0.3) is 0 Å². The Hall–Kier alpha value is -0.170. The van der Waals surface area contributed by atoms with Gasteiger partial charge in [-0.05, 0) is 44.7 Å². The molecule has 3 unspecified atom stereocenters. The summed E-state index contributed by atoms with van der Waals surface area (Å²) >= 11 is 0. The molecule has 1 aliphatic carbocycles. The summed E-state index contributed by atoms with van der Waals surface area (Å²) in [6, 6.07) is -0.000205. The summed E-state index contributed by atoms with van der Waals surface area (Å²) in [5, 5.41) is 13.3. The number of β-amino-alcohol motifs (C(OH)–C–C–N with tert-alkyl or cyclic N) is 1. The topological polar surface area (TPSA) is 69.6 Å². The van der Waals surface area contributed by atoms with E-state index in [2.05, 4.69) is 17.1 Å². The Morgan fingerprint density at radius 1 is 1.18 bits per heavy atom. The molecule has 2 fully saturated rings. The Morgan fingerprint density at radius 2 is 1.82 bits per heavy atom. The molecule has 130 valence electrons. The van der Waals surface area contributed by atoms with Crippen molar-refractivity contribution < 1.29 is 13.5 Å². The summed E-state index contributed by atoms with van der Waals surface area (Å²) < 4.78 is 23.8. The van der Waals surface area contributed by atoms with Crippen LogP contribution in [0.4, 0.5) is 0 Å². The predicted octanol–water partition coefficient (Wildman–Crippen LogP) is 1.02. The highest BCUT2D eigenvalue weighted by atomic mass is 32.2. The van der Waals surface area contributed by atoms with Gasteiger partial charge in [0, 0.05) is 25.4 Å². The maximum atomic E-state index is 11.9. The fourth-order valence-corrected chi connectivity index (χ4v) is 5.16. The van der Waals surface area contributed by atoms with Crippen LogP contribution in [0.1, 0.15) is 45.4 Å². The van der Waals surface area contributed by atoms with Gasteiger partial charge in [0.05, 0.1) is 11.4 Å². The normalized spacial score (nSPS) is 30.3. The minimum atomic E-state index is -3.01. The second kappa shape index (κ2) is 8.08. The second-order valence-corrected chi connectivity index (χ2v) is 9.57. The number of aliphatic hydroxyl groups excluding tert-OH is 1. The summed E-state index contributed by atoms with van der Waals surface area (Å²) in [5.41, 5.74) is 0. The van der Waals surface area contributed by atoms with Gasteiger partial charge in [0.15, 0.2) is 9.84 Å². The molecular formula is C16H32N2O3S. The van der Waals surface area contributed by atoms with Crippen LogP contribution in [0.15, 0.2) is 0 Å². The van der Waals surface area contributed by atoms with Crippen molar-refractivity contribution in [2.75, 3.05) is 32.4 Å². The lowest BCUT2D eigenvalue weighted by molar-refractivity contribution is 0.0877. The van der Waals surface area contributed by atoms with E-state index in [0.717, 1.165) is 44.7 Å².